The van der Waals surface area contributed by atoms with Crippen LogP contribution < -0.4 is 10.6 Å². The molecule has 4 amide bonds. The van der Waals surface area contributed by atoms with Gasteiger partial charge in [-0.05, 0) is 36.1 Å². The number of amides is 4. The van der Waals surface area contributed by atoms with Gasteiger partial charge in [-0.15, -0.1) is 0 Å². The highest BCUT2D eigenvalue weighted by atomic mass is 16.2. The fourth-order valence-electron chi connectivity index (χ4n) is 2.97. The Bertz CT molecular complexity index is 795. The molecule has 1 aliphatic heterocycles. The number of hydrogen-bond acceptors (Lipinski definition) is 4. The molecule has 27 heavy (non-hydrogen) atoms. The number of nitrogens with zero attached hydrogens (tertiary/aromatic N) is 2. The number of rotatable bonds is 8. The average Bonchev–Trinajstić information content (AvgIpc) is 2.94. The van der Waals surface area contributed by atoms with Gasteiger partial charge < -0.3 is 10.6 Å². The second kappa shape index (κ2) is 8.93. The quantitative estimate of drug-likeness (QED) is 0.689. The van der Waals surface area contributed by atoms with Crippen molar-refractivity contribution in [1.82, 2.24) is 20.5 Å². The number of carbonyl (C=O) groups excluding carboxylic acids is 3. The first kappa shape index (κ1) is 18.6. The summed E-state index contributed by atoms with van der Waals surface area (Å²) < 4.78 is 0. The molecule has 7 nitrogen and oxygen atoms in total. The Labute approximate surface area is 157 Å². The number of hydrogen-bond donors (Lipinski definition) is 2. The standard InChI is InChI=1S/C20H22N4O3/c25-18(22-12-8-16-6-10-21-11-7-16)14-17-19(26)24(20(27)23-17)13-9-15-4-2-1-3-5-15/h1-7,10-11,17H,8-9,12-14H2,(H,22,25)(H,23,27)/t17-/m1/s1. The van der Waals surface area contributed by atoms with E-state index in [1.807, 2.05) is 42.5 Å². The van der Waals surface area contributed by atoms with Gasteiger partial charge in [0.05, 0.1) is 6.42 Å². The largest absolute Gasteiger partial charge is 0.356 e. The van der Waals surface area contributed by atoms with Crippen molar-refractivity contribution in [1.29, 1.82) is 0 Å². The molecule has 0 bridgehead atoms. The van der Waals surface area contributed by atoms with Gasteiger partial charge in [-0.2, -0.15) is 0 Å². The van der Waals surface area contributed by atoms with Crippen molar-refractivity contribution in [2.24, 2.45) is 0 Å². The monoisotopic (exact) mass is 366 g/mol. The molecular weight excluding hydrogens is 344 g/mol. The first-order valence-corrected chi connectivity index (χ1v) is 8.95. The molecule has 0 radical (unpaired) electrons. The minimum absolute atomic E-state index is 0.0528. The SMILES string of the molecule is O=C(C[C@H]1NC(=O)N(CCc2ccccc2)C1=O)NCCc1ccncc1. The highest BCUT2D eigenvalue weighted by Gasteiger charge is 2.38. The lowest BCUT2D eigenvalue weighted by atomic mass is 10.1. The predicted molar refractivity (Wildman–Crippen MR) is 99.7 cm³/mol. The Morgan fingerprint density at radius 2 is 1.74 bits per heavy atom. The molecule has 0 spiro atoms. The van der Waals surface area contributed by atoms with E-state index in [0.29, 0.717) is 25.9 Å². The van der Waals surface area contributed by atoms with Crippen LogP contribution in [0.3, 0.4) is 0 Å². The zero-order valence-electron chi connectivity index (χ0n) is 14.9. The van der Waals surface area contributed by atoms with Crippen LogP contribution in [0.25, 0.3) is 0 Å². The summed E-state index contributed by atoms with van der Waals surface area (Å²) in [5.74, 6) is -0.604. The summed E-state index contributed by atoms with van der Waals surface area (Å²) >= 11 is 0. The van der Waals surface area contributed by atoms with Gasteiger partial charge in [0.2, 0.25) is 5.91 Å². The first-order chi connectivity index (χ1) is 13.1. The fourth-order valence-corrected chi connectivity index (χ4v) is 2.97. The molecule has 1 saturated heterocycles. The second-order valence-electron chi connectivity index (χ2n) is 6.39. The summed E-state index contributed by atoms with van der Waals surface area (Å²) in [5, 5.41) is 5.38. The van der Waals surface area contributed by atoms with Crippen LogP contribution in [0.15, 0.2) is 54.9 Å². The van der Waals surface area contributed by atoms with E-state index in [0.717, 1.165) is 11.1 Å². The summed E-state index contributed by atoms with van der Waals surface area (Å²) in [6.07, 6.45) is 4.62. The third kappa shape index (κ3) is 5.13. The lowest BCUT2D eigenvalue weighted by Gasteiger charge is -2.13. The van der Waals surface area contributed by atoms with E-state index in [1.165, 1.54) is 4.90 Å². The number of aromatic nitrogens is 1. The molecule has 1 aromatic carbocycles. The molecule has 0 unspecified atom stereocenters. The Morgan fingerprint density at radius 3 is 2.48 bits per heavy atom. The van der Waals surface area contributed by atoms with E-state index in [4.69, 9.17) is 0 Å². The molecular formula is C20H22N4O3. The fraction of sp³-hybridized carbons (Fsp3) is 0.300. The Kier molecular flexibility index (Phi) is 6.14. The normalized spacial score (nSPS) is 16.3. The lowest BCUT2D eigenvalue weighted by molar-refractivity contribution is -0.130. The van der Waals surface area contributed by atoms with Gasteiger partial charge in [0, 0.05) is 25.5 Å². The van der Waals surface area contributed by atoms with E-state index in [9.17, 15) is 14.4 Å². The van der Waals surface area contributed by atoms with Crippen molar-refractivity contribution < 1.29 is 14.4 Å². The summed E-state index contributed by atoms with van der Waals surface area (Å²) in [6, 6.07) is 12.2. The van der Waals surface area contributed by atoms with Crippen molar-refractivity contribution >= 4 is 17.8 Å². The molecule has 3 rings (SSSR count). The third-order valence-electron chi connectivity index (χ3n) is 4.45. The van der Waals surface area contributed by atoms with Gasteiger partial charge >= 0.3 is 6.03 Å². The maximum Gasteiger partial charge on any atom is 0.324 e. The van der Waals surface area contributed by atoms with Gasteiger partial charge in [0.15, 0.2) is 0 Å². The van der Waals surface area contributed by atoms with Crippen LogP contribution >= 0.6 is 0 Å². The maximum absolute atomic E-state index is 12.4. The van der Waals surface area contributed by atoms with Crippen LogP contribution in [-0.2, 0) is 22.4 Å². The van der Waals surface area contributed by atoms with E-state index in [1.54, 1.807) is 12.4 Å². The molecule has 0 saturated carbocycles. The van der Waals surface area contributed by atoms with Gasteiger partial charge in [-0.1, -0.05) is 30.3 Å². The summed E-state index contributed by atoms with van der Waals surface area (Å²) in [5.41, 5.74) is 2.12. The topological polar surface area (TPSA) is 91.4 Å². The highest BCUT2D eigenvalue weighted by molar-refractivity contribution is 6.05. The molecule has 1 aliphatic rings. The molecule has 140 valence electrons. The first-order valence-electron chi connectivity index (χ1n) is 8.95. The average molecular weight is 366 g/mol. The molecule has 2 aromatic rings. The molecule has 7 heteroatoms. The number of benzene rings is 1. The van der Waals surface area contributed by atoms with Crippen molar-refractivity contribution in [3.63, 3.8) is 0 Å². The number of urea groups is 1. The smallest absolute Gasteiger partial charge is 0.324 e. The maximum atomic E-state index is 12.4. The van der Waals surface area contributed by atoms with Crippen molar-refractivity contribution in [2.45, 2.75) is 25.3 Å². The van der Waals surface area contributed by atoms with Gasteiger partial charge in [0.25, 0.3) is 5.91 Å². The van der Waals surface area contributed by atoms with Crippen molar-refractivity contribution in [2.75, 3.05) is 13.1 Å². The van der Waals surface area contributed by atoms with Crippen LogP contribution in [-0.4, -0.2) is 46.9 Å². The Balaban J connectivity index is 1.44. The van der Waals surface area contributed by atoms with E-state index >= 15 is 0 Å². The van der Waals surface area contributed by atoms with Crippen LogP contribution in [0.1, 0.15) is 17.5 Å². The minimum atomic E-state index is -0.797. The molecule has 1 aromatic heterocycles. The van der Waals surface area contributed by atoms with E-state index in [2.05, 4.69) is 15.6 Å². The van der Waals surface area contributed by atoms with Gasteiger partial charge in [0.1, 0.15) is 6.04 Å². The predicted octanol–water partition coefficient (Wildman–Crippen LogP) is 1.29. The lowest BCUT2D eigenvalue weighted by Crippen LogP contribution is -2.37. The van der Waals surface area contributed by atoms with E-state index < -0.39 is 12.1 Å². The zero-order valence-corrected chi connectivity index (χ0v) is 14.9. The number of nitrogens with one attached hydrogen (secondary N) is 2. The zero-order chi connectivity index (χ0) is 19.1. The van der Waals surface area contributed by atoms with Crippen LogP contribution in [0, 0.1) is 0 Å². The van der Waals surface area contributed by atoms with Crippen LogP contribution in [0.4, 0.5) is 4.79 Å². The molecule has 1 atom stereocenters. The Morgan fingerprint density at radius 1 is 1.04 bits per heavy atom. The highest BCUT2D eigenvalue weighted by Crippen LogP contribution is 2.11. The third-order valence-corrected chi connectivity index (χ3v) is 4.45. The number of pyridine rings is 1. The molecule has 2 heterocycles. The van der Waals surface area contributed by atoms with Crippen LogP contribution in [0.2, 0.25) is 0 Å². The van der Waals surface area contributed by atoms with Gasteiger partial charge in [-0.3, -0.25) is 19.5 Å². The summed E-state index contributed by atoms with van der Waals surface area (Å²) in [4.78, 5) is 41.7. The van der Waals surface area contributed by atoms with Crippen molar-refractivity contribution in [3.8, 4) is 0 Å². The molecule has 1 fully saturated rings. The van der Waals surface area contributed by atoms with E-state index in [-0.39, 0.29) is 18.2 Å². The van der Waals surface area contributed by atoms with Gasteiger partial charge in [-0.25, -0.2) is 4.79 Å². The Hall–Kier alpha value is -3.22. The minimum Gasteiger partial charge on any atom is -0.356 e. The number of carbonyl (C=O) groups is 3. The summed E-state index contributed by atoms with van der Waals surface area (Å²) in [7, 11) is 0. The summed E-state index contributed by atoms with van der Waals surface area (Å²) in [6.45, 7) is 0.768. The van der Waals surface area contributed by atoms with Crippen LogP contribution in [0.5, 0.6) is 0 Å². The number of imide groups is 1. The molecule has 0 aliphatic carbocycles. The second-order valence-corrected chi connectivity index (χ2v) is 6.39. The molecule has 2 N–H and O–H groups in total. The van der Waals surface area contributed by atoms with Crippen molar-refractivity contribution in [3.05, 3.63) is 66.0 Å².